The van der Waals surface area contributed by atoms with E-state index in [9.17, 15) is 9.59 Å². The van der Waals surface area contributed by atoms with E-state index in [1.807, 2.05) is 30.5 Å². The molecule has 0 radical (unpaired) electrons. The summed E-state index contributed by atoms with van der Waals surface area (Å²) in [5, 5.41) is 11.7. The van der Waals surface area contributed by atoms with Crippen LogP contribution in [0.3, 0.4) is 0 Å². The number of aromatic nitrogens is 2. The summed E-state index contributed by atoms with van der Waals surface area (Å²) in [7, 11) is 0. The molecule has 1 aromatic carbocycles. The van der Waals surface area contributed by atoms with E-state index in [0.29, 0.717) is 24.0 Å². The van der Waals surface area contributed by atoms with Gasteiger partial charge in [-0.2, -0.15) is 0 Å². The molecule has 4 rings (SSSR count). The van der Waals surface area contributed by atoms with Crippen LogP contribution in [0.5, 0.6) is 0 Å². The standard InChI is InChI=1S/C24H18N2O3S/c1-16-21(6-2-4-17-5-3-12-25-14-17)26(23(27)20-11-13-30-22(16)20)15-18-7-9-19(10-8-18)24(28)29/h3,5,7-14H,4,15H2,1H3,(H,28,29). The van der Waals surface area contributed by atoms with Crippen molar-refractivity contribution in [3.63, 3.8) is 0 Å². The van der Waals surface area contributed by atoms with Gasteiger partial charge in [0.1, 0.15) is 0 Å². The normalized spacial score (nSPS) is 10.6. The summed E-state index contributed by atoms with van der Waals surface area (Å²) >= 11 is 1.54. The minimum absolute atomic E-state index is 0.0927. The first-order chi connectivity index (χ1) is 14.5. The number of carboxylic acids is 1. The lowest BCUT2D eigenvalue weighted by Crippen LogP contribution is -2.24. The first-order valence-corrected chi connectivity index (χ1v) is 10.2. The Labute approximate surface area is 177 Å². The molecule has 6 heteroatoms. The fraction of sp³-hybridized carbons (Fsp3) is 0.125. The minimum Gasteiger partial charge on any atom is -0.478 e. The zero-order valence-corrected chi connectivity index (χ0v) is 17.1. The Kier molecular flexibility index (Phi) is 5.46. The SMILES string of the molecule is Cc1c(C#CCc2cccnc2)n(Cc2ccc(C(=O)O)cc2)c(=O)c2ccsc12. The van der Waals surface area contributed by atoms with Gasteiger partial charge in [0.05, 0.1) is 23.2 Å². The topological polar surface area (TPSA) is 72.2 Å². The zero-order chi connectivity index (χ0) is 21.1. The van der Waals surface area contributed by atoms with Crippen molar-refractivity contribution in [3.05, 3.63) is 98.5 Å². The number of hydrogen-bond donors (Lipinski definition) is 1. The third-order valence-corrected chi connectivity index (χ3v) is 5.90. The molecule has 0 atom stereocenters. The van der Waals surface area contributed by atoms with Gasteiger partial charge >= 0.3 is 5.97 Å². The van der Waals surface area contributed by atoms with Gasteiger partial charge in [0, 0.05) is 23.5 Å². The molecule has 0 aliphatic rings. The highest BCUT2D eigenvalue weighted by Gasteiger charge is 2.14. The molecule has 0 aliphatic heterocycles. The van der Waals surface area contributed by atoms with Crippen LogP contribution >= 0.6 is 11.3 Å². The summed E-state index contributed by atoms with van der Waals surface area (Å²) in [6.07, 6.45) is 4.04. The first kappa shape index (κ1) is 19.6. The molecule has 3 heterocycles. The van der Waals surface area contributed by atoms with E-state index in [1.165, 1.54) is 11.3 Å². The summed E-state index contributed by atoms with van der Waals surface area (Å²) in [6, 6.07) is 12.2. The third kappa shape index (κ3) is 3.88. The van der Waals surface area contributed by atoms with Gasteiger partial charge in [-0.05, 0) is 59.2 Å². The Hall–Kier alpha value is -3.69. The predicted octanol–water partition coefficient (Wildman–Crippen LogP) is 4.11. The molecule has 0 aliphatic carbocycles. The number of benzene rings is 1. The molecule has 0 fully saturated rings. The average molecular weight is 414 g/mol. The van der Waals surface area contributed by atoms with Crippen LogP contribution < -0.4 is 5.56 Å². The Morgan fingerprint density at radius 3 is 2.67 bits per heavy atom. The highest BCUT2D eigenvalue weighted by molar-refractivity contribution is 7.17. The summed E-state index contributed by atoms with van der Waals surface area (Å²) < 4.78 is 2.62. The van der Waals surface area contributed by atoms with Crippen molar-refractivity contribution >= 4 is 27.4 Å². The largest absolute Gasteiger partial charge is 0.478 e. The van der Waals surface area contributed by atoms with Gasteiger partial charge in [0.2, 0.25) is 0 Å². The molecule has 0 bridgehead atoms. The number of carbonyl (C=O) groups is 1. The molecule has 0 unspecified atom stereocenters. The fourth-order valence-electron chi connectivity index (χ4n) is 3.31. The number of nitrogens with zero attached hydrogens (tertiary/aromatic N) is 2. The Morgan fingerprint density at radius 2 is 1.97 bits per heavy atom. The molecule has 4 aromatic rings. The summed E-state index contributed by atoms with van der Waals surface area (Å²) in [5.74, 6) is 5.40. The van der Waals surface area contributed by atoms with E-state index < -0.39 is 5.97 Å². The van der Waals surface area contributed by atoms with Crippen molar-refractivity contribution < 1.29 is 9.90 Å². The molecule has 0 amide bonds. The van der Waals surface area contributed by atoms with Gasteiger partial charge in [0.25, 0.3) is 5.56 Å². The zero-order valence-electron chi connectivity index (χ0n) is 16.3. The minimum atomic E-state index is -0.976. The maximum atomic E-state index is 13.2. The molecule has 0 saturated carbocycles. The van der Waals surface area contributed by atoms with Crippen molar-refractivity contribution in [3.8, 4) is 11.8 Å². The number of hydrogen-bond acceptors (Lipinski definition) is 4. The molecule has 148 valence electrons. The van der Waals surface area contributed by atoms with E-state index in [2.05, 4.69) is 16.8 Å². The second-order valence-corrected chi connectivity index (χ2v) is 7.79. The van der Waals surface area contributed by atoms with Crippen molar-refractivity contribution in [1.29, 1.82) is 0 Å². The second kappa shape index (κ2) is 8.36. The van der Waals surface area contributed by atoms with Gasteiger partial charge in [-0.15, -0.1) is 11.3 Å². The third-order valence-electron chi connectivity index (χ3n) is 4.87. The van der Waals surface area contributed by atoms with Crippen molar-refractivity contribution in [2.24, 2.45) is 0 Å². The van der Waals surface area contributed by atoms with Gasteiger partial charge in [-0.25, -0.2) is 4.79 Å². The van der Waals surface area contributed by atoms with Crippen LogP contribution in [0.4, 0.5) is 0 Å². The molecule has 1 N–H and O–H groups in total. The van der Waals surface area contributed by atoms with E-state index in [1.54, 1.807) is 41.2 Å². The molecular weight excluding hydrogens is 396 g/mol. The van der Waals surface area contributed by atoms with Gasteiger partial charge in [-0.3, -0.25) is 14.3 Å². The highest BCUT2D eigenvalue weighted by Crippen LogP contribution is 2.24. The number of carboxylic acid groups (broad SMARTS) is 1. The number of rotatable bonds is 4. The monoisotopic (exact) mass is 414 g/mol. The van der Waals surface area contributed by atoms with Gasteiger partial charge in [-0.1, -0.05) is 24.1 Å². The molecular formula is C24H18N2O3S. The lowest BCUT2D eigenvalue weighted by atomic mass is 10.1. The lowest BCUT2D eigenvalue weighted by Gasteiger charge is -2.13. The highest BCUT2D eigenvalue weighted by atomic mass is 32.1. The van der Waals surface area contributed by atoms with E-state index in [-0.39, 0.29) is 11.1 Å². The molecule has 5 nitrogen and oxygen atoms in total. The average Bonchev–Trinajstić information content (AvgIpc) is 3.25. The van der Waals surface area contributed by atoms with Crippen LogP contribution in [0, 0.1) is 18.8 Å². The maximum Gasteiger partial charge on any atom is 0.335 e. The Morgan fingerprint density at radius 1 is 1.17 bits per heavy atom. The second-order valence-electron chi connectivity index (χ2n) is 6.87. The van der Waals surface area contributed by atoms with Crippen molar-refractivity contribution in [2.75, 3.05) is 0 Å². The maximum absolute atomic E-state index is 13.2. The number of thiophene rings is 1. The first-order valence-electron chi connectivity index (χ1n) is 9.35. The summed E-state index contributed by atoms with van der Waals surface area (Å²) in [5.41, 5.74) is 3.63. The fourth-order valence-corrected chi connectivity index (χ4v) is 4.20. The number of fused-ring (bicyclic) bond motifs is 1. The van der Waals surface area contributed by atoms with E-state index >= 15 is 0 Å². The molecule has 30 heavy (non-hydrogen) atoms. The van der Waals surface area contributed by atoms with Crippen molar-refractivity contribution in [1.82, 2.24) is 9.55 Å². The quantitative estimate of drug-likeness (QED) is 0.510. The summed E-state index contributed by atoms with van der Waals surface area (Å²) in [4.78, 5) is 28.4. The predicted molar refractivity (Wildman–Crippen MR) is 118 cm³/mol. The van der Waals surface area contributed by atoms with Gasteiger partial charge < -0.3 is 5.11 Å². The molecule has 0 saturated heterocycles. The smallest absolute Gasteiger partial charge is 0.335 e. The van der Waals surface area contributed by atoms with Crippen LogP contribution in [0.25, 0.3) is 10.1 Å². The van der Waals surface area contributed by atoms with Crippen LogP contribution in [0.15, 0.2) is 65.0 Å². The van der Waals surface area contributed by atoms with E-state index in [0.717, 1.165) is 21.4 Å². The number of aromatic carboxylic acids is 1. The van der Waals surface area contributed by atoms with Crippen LogP contribution in [0.2, 0.25) is 0 Å². The van der Waals surface area contributed by atoms with Gasteiger partial charge in [0.15, 0.2) is 0 Å². The Bertz CT molecular complexity index is 1340. The van der Waals surface area contributed by atoms with Crippen LogP contribution in [0.1, 0.15) is 32.7 Å². The van der Waals surface area contributed by atoms with Crippen molar-refractivity contribution in [2.45, 2.75) is 19.9 Å². The van der Waals surface area contributed by atoms with Crippen LogP contribution in [-0.2, 0) is 13.0 Å². The number of aryl methyl sites for hydroxylation is 1. The summed E-state index contributed by atoms with van der Waals surface area (Å²) in [6.45, 7) is 2.30. The molecule has 0 spiro atoms. The van der Waals surface area contributed by atoms with E-state index in [4.69, 9.17) is 5.11 Å². The lowest BCUT2D eigenvalue weighted by molar-refractivity contribution is 0.0697. The Balaban J connectivity index is 1.77. The van der Waals surface area contributed by atoms with Crippen LogP contribution in [-0.4, -0.2) is 20.6 Å². The number of pyridine rings is 2. The molecule has 3 aromatic heterocycles.